The van der Waals surface area contributed by atoms with Gasteiger partial charge in [0.25, 0.3) is 0 Å². The van der Waals surface area contributed by atoms with E-state index in [0.717, 1.165) is 0 Å². The second-order valence-electron chi connectivity index (χ2n) is 4.87. The minimum absolute atomic E-state index is 0.0740. The average Bonchev–Trinajstić information content (AvgIpc) is 2.66. The van der Waals surface area contributed by atoms with E-state index >= 15 is 0 Å². The number of anilines is 1. The average molecular weight is 458 g/mol. The highest BCUT2D eigenvalue weighted by molar-refractivity contribution is 9.09. The summed E-state index contributed by atoms with van der Waals surface area (Å²) in [5.74, 6) is -0.183. The van der Waals surface area contributed by atoms with Gasteiger partial charge in [0.1, 0.15) is 0 Å². The molecule has 0 aliphatic carbocycles. The van der Waals surface area contributed by atoms with Crippen LogP contribution in [0.15, 0.2) is 24.3 Å². The second-order valence-corrected chi connectivity index (χ2v) is 10.7. The van der Waals surface area contributed by atoms with Crippen LogP contribution in [0.2, 0.25) is 0 Å². The lowest BCUT2D eigenvalue weighted by atomic mass is 10.1. The fourth-order valence-corrected chi connectivity index (χ4v) is 6.96. The summed E-state index contributed by atoms with van der Waals surface area (Å²) in [6, 6.07) is 6.79. The summed E-state index contributed by atoms with van der Waals surface area (Å²) < 4.78 is 45.7. The quantitative estimate of drug-likeness (QED) is 0.420. The fourth-order valence-electron chi connectivity index (χ4n) is 2.16. The van der Waals surface area contributed by atoms with E-state index in [1.165, 1.54) is 28.4 Å². The Hall–Kier alpha value is -0.530. The van der Waals surface area contributed by atoms with Gasteiger partial charge in [-0.05, 0) is 24.1 Å². The molecule has 1 aromatic carbocycles. The summed E-state index contributed by atoms with van der Waals surface area (Å²) in [4.78, 5) is 11.4. The third-order valence-electron chi connectivity index (χ3n) is 3.53. The van der Waals surface area contributed by atoms with E-state index in [9.17, 15) is 13.9 Å². The maximum absolute atomic E-state index is 12.8. The first kappa shape index (κ1) is 22.5. The first-order valence-electron chi connectivity index (χ1n) is 7.15. The van der Waals surface area contributed by atoms with Crippen molar-refractivity contribution in [2.75, 3.05) is 39.1 Å². The summed E-state index contributed by atoms with van der Waals surface area (Å²) in [6.07, 6.45) is 0.0740. The Kier molecular flexibility index (Phi) is 8.98. The molecule has 1 aromatic rings. The monoisotopic (exact) mass is 457 g/mol. The van der Waals surface area contributed by atoms with Gasteiger partial charge in [0.05, 0.1) is 5.33 Å². The number of alkyl halides is 1. The highest BCUT2D eigenvalue weighted by atomic mass is 79.9. The third-order valence-corrected chi connectivity index (χ3v) is 9.59. The molecule has 0 heterocycles. The lowest BCUT2D eigenvalue weighted by Crippen LogP contribution is -2.17. The normalized spacial score (nSPS) is 12.4. The molecule has 0 atom stereocenters. The Morgan fingerprint density at radius 3 is 1.80 bits per heavy atom. The van der Waals surface area contributed by atoms with Crippen LogP contribution in [-0.2, 0) is 38.4 Å². The standard InChI is InChI=1S/C14H22BrNO7P2/c1-20-24(18,21-2)14(25(19,22-3)23-4)9-11-5-7-12(8-6-11)16-13(17)10-15/h5-8,14H,9-10H2,1-4H3,(H,16,17). The van der Waals surface area contributed by atoms with Crippen molar-refractivity contribution in [2.45, 2.75) is 11.8 Å². The van der Waals surface area contributed by atoms with E-state index in [-0.39, 0.29) is 17.7 Å². The van der Waals surface area contributed by atoms with Gasteiger partial charge in [0, 0.05) is 34.1 Å². The van der Waals surface area contributed by atoms with Gasteiger partial charge < -0.3 is 23.4 Å². The molecule has 142 valence electrons. The van der Waals surface area contributed by atoms with Gasteiger partial charge in [-0.25, -0.2) is 0 Å². The molecule has 1 rings (SSSR count). The first-order chi connectivity index (χ1) is 11.8. The zero-order chi connectivity index (χ0) is 19.1. The Morgan fingerprint density at radius 2 is 1.44 bits per heavy atom. The van der Waals surface area contributed by atoms with E-state index in [2.05, 4.69) is 21.2 Å². The minimum Gasteiger partial charge on any atom is -0.325 e. The largest absolute Gasteiger partial charge is 0.345 e. The van der Waals surface area contributed by atoms with Crippen LogP contribution in [0, 0.1) is 0 Å². The van der Waals surface area contributed by atoms with Gasteiger partial charge in [0.15, 0.2) is 5.40 Å². The number of carbonyl (C=O) groups excluding carboxylic acids is 1. The molecule has 0 bridgehead atoms. The minimum atomic E-state index is -3.74. The molecule has 0 saturated heterocycles. The van der Waals surface area contributed by atoms with Crippen LogP contribution in [0.4, 0.5) is 5.69 Å². The Morgan fingerprint density at radius 1 is 1.00 bits per heavy atom. The number of hydrogen-bond acceptors (Lipinski definition) is 7. The molecule has 0 fully saturated rings. The molecule has 0 aliphatic rings. The van der Waals surface area contributed by atoms with Crippen molar-refractivity contribution in [3.63, 3.8) is 0 Å². The zero-order valence-electron chi connectivity index (χ0n) is 14.4. The summed E-state index contributed by atoms with van der Waals surface area (Å²) in [7, 11) is -2.62. The topological polar surface area (TPSA) is 100 Å². The Bertz CT molecular complexity index is 626. The molecule has 0 aliphatic heterocycles. The molecule has 11 heteroatoms. The zero-order valence-corrected chi connectivity index (χ0v) is 17.8. The summed E-state index contributed by atoms with van der Waals surface area (Å²) in [5.41, 5.74) is 1.30. The van der Waals surface area contributed by atoms with Crippen LogP contribution < -0.4 is 5.32 Å². The number of carbonyl (C=O) groups is 1. The van der Waals surface area contributed by atoms with Gasteiger partial charge in [0.2, 0.25) is 5.91 Å². The predicted octanol–water partition coefficient (Wildman–Crippen LogP) is 3.86. The SMILES string of the molecule is COP(=O)(OC)C(Cc1ccc(NC(=O)CBr)cc1)P(=O)(OC)OC. The second kappa shape index (κ2) is 9.97. The van der Waals surface area contributed by atoms with E-state index in [0.29, 0.717) is 11.3 Å². The van der Waals surface area contributed by atoms with Crippen molar-refractivity contribution in [1.29, 1.82) is 0 Å². The number of nitrogens with one attached hydrogen (secondary N) is 1. The molecule has 8 nitrogen and oxygen atoms in total. The van der Waals surface area contributed by atoms with Crippen molar-refractivity contribution in [2.24, 2.45) is 0 Å². The van der Waals surface area contributed by atoms with Crippen molar-refractivity contribution in [3.8, 4) is 0 Å². The lowest BCUT2D eigenvalue weighted by molar-refractivity contribution is -0.113. The van der Waals surface area contributed by atoms with Crippen molar-refractivity contribution in [1.82, 2.24) is 0 Å². The summed E-state index contributed by atoms with van der Waals surface area (Å²) in [5, 5.41) is 1.74. The number of hydrogen-bond donors (Lipinski definition) is 1. The molecule has 1 amide bonds. The molecule has 0 unspecified atom stereocenters. The van der Waals surface area contributed by atoms with Crippen LogP contribution in [0.3, 0.4) is 0 Å². The molecule has 0 spiro atoms. The molecular weight excluding hydrogens is 436 g/mol. The third kappa shape index (κ3) is 5.73. The van der Waals surface area contributed by atoms with E-state index in [1.54, 1.807) is 24.3 Å². The highest BCUT2D eigenvalue weighted by Gasteiger charge is 2.49. The fraction of sp³-hybridized carbons (Fsp3) is 0.500. The molecule has 0 aromatic heterocycles. The van der Waals surface area contributed by atoms with Crippen LogP contribution in [-0.4, -0.2) is 45.1 Å². The van der Waals surface area contributed by atoms with E-state index in [4.69, 9.17) is 18.1 Å². The Labute approximate surface area is 155 Å². The molecule has 25 heavy (non-hydrogen) atoms. The van der Waals surface area contributed by atoms with Crippen LogP contribution in [0.1, 0.15) is 5.56 Å². The van der Waals surface area contributed by atoms with Gasteiger partial charge in [-0.15, -0.1) is 0 Å². The van der Waals surface area contributed by atoms with E-state index in [1.807, 2.05) is 0 Å². The lowest BCUT2D eigenvalue weighted by Gasteiger charge is -2.28. The van der Waals surface area contributed by atoms with Crippen molar-refractivity contribution < 1.29 is 32.0 Å². The predicted molar refractivity (Wildman–Crippen MR) is 99.6 cm³/mol. The smallest absolute Gasteiger partial charge is 0.325 e. The molecule has 0 radical (unpaired) electrons. The van der Waals surface area contributed by atoms with Gasteiger partial charge in [-0.1, -0.05) is 28.1 Å². The molecule has 1 N–H and O–H groups in total. The van der Waals surface area contributed by atoms with Crippen molar-refractivity contribution in [3.05, 3.63) is 29.8 Å². The Balaban J connectivity index is 3.12. The summed E-state index contributed by atoms with van der Waals surface area (Å²) >= 11 is 3.07. The van der Waals surface area contributed by atoms with Gasteiger partial charge in [-0.2, -0.15) is 0 Å². The number of rotatable bonds is 10. The first-order valence-corrected chi connectivity index (χ1v) is 11.5. The maximum atomic E-state index is 12.8. The van der Waals surface area contributed by atoms with Gasteiger partial charge in [-0.3, -0.25) is 13.9 Å². The van der Waals surface area contributed by atoms with Crippen LogP contribution in [0.5, 0.6) is 0 Å². The number of amides is 1. The molecular formula is C14H22BrNO7P2. The number of benzene rings is 1. The summed E-state index contributed by atoms with van der Waals surface area (Å²) in [6.45, 7) is 0. The van der Waals surface area contributed by atoms with Crippen molar-refractivity contribution >= 4 is 42.7 Å². The number of halogens is 1. The maximum Gasteiger partial charge on any atom is 0.345 e. The van der Waals surface area contributed by atoms with Crippen LogP contribution in [0.25, 0.3) is 0 Å². The van der Waals surface area contributed by atoms with E-state index < -0.39 is 20.6 Å². The highest BCUT2D eigenvalue weighted by Crippen LogP contribution is 2.70. The van der Waals surface area contributed by atoms with Crippen LogP contribution >= 0.6 is 31.1 Å². The molecule has 0 saturated carbocycles. The van der Waals surface area contributed by atoms with Gasteiger partial charge >= 0.3 is 15.2 Å².